The van der Waals surface area contributed by atoms with E-state index < -0.39 is 0 Å². The summed E-state index contributed by atoms with van der Waals surface area (Å²) in [7, 11) is 0. The van der Waals surface area contributed by atoms with Gasteiger partial charge in [-0.15, -0.1) is 12.4 Å². The molecule has 4 nitrogen and oxygen atoms in total. The van der Waals surface area contributed by atoms with Gasteiger partial charge in [0.1, 0.15) is 5.15 Å². The van der Waals surface area contributed by atoms with E-state index in [1.807, 2.05) is 6.07 Å². The monoisotopic (exact) mass is 258 g/mol. The molecule has 0 amide bonds. The van der Waals surface area contributed by atoms with Gasteiger partial charge >= 0.3 is 0 Å². The quantitative estimate of drug-likeness (QED) is 0.729. The highest BCUT2D eigenvalue weighted by atomic mass is 35.5. The van der Waals surface area contributed by atoms with Crippen molar-refractivity contribution in [3.8, 4) is 0 Å². The van der Waals surface area contributed by atoms with Crippen molar-refractivity contribution >= 4 is 29.7 Å². The van der Waals surface area contributed by atoms with E-state index in [9.17, 15) is 0 Å². The Morgan fingerprint density at radius 1 is 1.31 bits per heavy atom. The van der Waals surface area contributed by atoms with Crippen LogP contribution in [0.3, 0.4) is 0 Å². The first kappa shape index (κ1) is 11.6. The van der Waals surface area contributed by atoms with Gasteiger partial charge in [-0.1, -0.05) is 11.6 Å². The van der Waals surface area contributed by atoms with Crippen LogP contribution in [0.25, 0.3) is 5.65 Å². The van der Waals surface area contributed by atoms with Gasteiger partial charge in [0.15, 0.2) is 5.65 Å². The number of fused-ring (bicyclic) bond motifs is 2. The summed E-state index contributed by atoms with van der Waals surface area (Å²) in [6.07, 6.45) is 3.60. The Hall–Kier alpha value is -0.840. The van der Waals surface area contributed by atoms with Crippen LogP contribution in [-0.2, 0) is 12.8 Å². The predicted octanol–water partition coefficient (Wildman–Crippen LogP) is 1.49. The van der Waals surface area contributed by atoms with Crippen LogP contribution < -0.4 is 5.32 Å². The Balaban J connectivity index is 0.000000963. The van der Waals surface area contributed by atoms with Gasteiger partial charge in [-0.3, -0.25) is 0 Å². The lowest BCUT2D eigenvalue weighted by molar-refractivity contribution is 0.708. The van der Waals surface area contributed by atoms with Crippen LogP contribution in [0.2, 0.25) is 5.15 Å². The molecule has 2 aromatic rings. The number of hydrogen-bond acceptors (Lipinski definition) is 3. The topological polar surface area (TPSA) is 42.2 Å². The third kappa shape index (κ3) is 1.77. The van der Waals surface area contributed by atoms with Gasteiger partial charge in [0.2, 0.25) is 0 Å². The van der Waals surface area contributed by atoms with Crippen molar-refractivity contribution < 1.29 is 0 Å². The minimum Gasteiger partial charge on any atom is -0.316 e. The van der Waals surface area contributed by atoms with Gasteiger partial charge in [-0.05, 0) is 13.0 Å². The fourth-order valence-corrected chi connectivity index (χ4v) is 2.32. The second-order valence-corrected chi connectivity index (χ2v) is 4.04. The molecule has 0 spiro atoms. The van der Waals surface area contributed by atoms with E-state index in [4.69, 9.17) is 11.6 Å². The van der Waals surface area contributed by atoms with Gasteiger partial charge in [0.25, 0.3) is 0 Å². The van der Waals surface area contributed by atoms with E-state index in [2.05, 4.69) is 15.4 Å². The molecule has 3 heterocycles. The van der Waals surface area contributed by atoms with Crippen molar-refractivity contribution in [2.45, 2.75) is 12.8 Å². The van der Waals surface area contributed by atoms with E-state index in [-0.39, 0.29) is 12.4 Å². The molecule has 0 aromatic carbocycles. The van der Waals surface area contributed by atoms with Crippen molar-refractivity contribution in [3.63, 3.8) is 0 Å². The van der Waals surface area contributed by atoms with Crippen molar-refractivity contribution in [2.75, 3.05) is 13.1 Å². The van der Waals surface area contributed by atoms with Crippen LogP contribution in [0.5, 0.6) is 0 Å². The molecular formula is C10H12Cl2N4. The highest BCUT2D eigenvalue weighted by Crippen LogP contribution is 2.22. The molecule has 0 saturated heterocycles. The molecule has 16 heavy (non-hydrogen) atoms. The lowest BCUT2D eigenvalue weighted by Crippen LogP contribution is -2.16. The fraction of sp³-hybridized carbons (Fsp3) is 0.400. The number of hydrogen-bond donors (Lipinski definition) is 1. The SMILES string of the molecule is Cl.Clc1c2c(nc3ccnn13)CCNCC2. The second kappa shape index (κ2) is 4.57. The number of rotatable bonds is 0. The van der Waals surface area contributed by atoms with Crippen LogP contribution in [0.4, 0.5) is 0 Å². The first-order valence-corrected chi connectivity index (χ1v) is 5.46. The second-order valence-electron chi connectivity index (χ2n) is 3.68. The standard InChI is InChI=1S/C10H11ClN4.ClH/c11-10-7-1-4-12-5-2-8(7)14-9-3-6-13-15(9)10;/h3,6,12H,1-2,4-5H2;1H. The molecule has 86 valence electrons. The fourth-order valence-electron chi connectivity index (χ4n) is 1.98. The zero-order valence-corrected chi connectivity index (χ0v) is 10.2. The summed E-state index contributed by atoms with van der Waals surface area (Å²) in [6, 6.07) is 1.88. The van der Waals surface area contributed by atoms with Crippen LogP contribution in [0, 0.1) is 0 Å². The lowest BCUT2D eigenvalue weighted by Gasteiger charge is -2.07. The smallest absolute Gasteiger partial charge is 0.156 e. The van der Waals surface area contributed by atoms with Crippen LogP contribution in [-0.4, -0.2) is 27.7 Å². The highest BCUT2D eigenvalue weighted by Gasteiger charge is 2.15. The molecule has 0 saturated carbocycles. The lowest BCUT2D eigenvalue weighted by atomic mass is 10.1. The Labute approximate surface area is 104 Å². The minimum absolute atomic E-state index is 0. The number of halogens is 2. The van der Waals surface area contributed by atoms with Crippen molar-refractivity contribution in [1.29, 1.82) is 0 Å². The van der Waals surface area contributed by atoms with Crippen LogP contribution in [0.15, 0.2) is 12.3 Å². The zero-order chi connectivity index (χ0) is 10.3. The maximum atomic E-state index is 6.31. The number of nitrogens with zero attached hydrogens (tertiary/aromatic N) is 3. The first-order valence-electron chi connectivity index (χ1n) is 5.08. The third-order valence-electron chi connectivity index (χ3n) is 2.75. The molecule has 0 radical (unpaired) electrons. The maximum Gasteiger partial charge on any atom is 0.156 e. The van der Waals surface area contributed by atoms with Gasteiger partial charge in [-0.25, -0.2) is 9.50 Å². The molecule has 3 rings (SSSR count). The number of nitrogens with one attached hydrogen (secondary N) is 1. The third-order valence-corrected chi connectivity index (χ3v) is 3.13. The van der Waals surface area contributed by atoms with Crippen molar-refractivity contribution in [2.24, 2.45) is 0 Å². The Morgan fingerprint density at radius 2 is 2.12 bits per heavy atom. The molecule has 1 aliphatic heterocycles. The van der Waals surface area contributed by atoms with Crippen LogP contribution >= 0.6 is 24.0 Å². The Kier molecular flexibility index (Phi) is 3.33. The molecule has 0 aliphatic carbocycles. The maximum absolute atomic E-state index is 6.31. The van der Waals surface area contributed by atoms with E-state index in [0.717, 1.165) is 42.8 Å². The summed E-state index contributed by atoms with van der Waals surface area (Å²) >= 11 is 6.31. The zero-order valence-electron chi connectivity index (χ0n) is 8.61. The molecule has 6 heteroatoms. The highest BCUT2D eigenvalue weighted by molar-refractivity contribution is 6.30. The van der Waals surface area contributed by atoms with Crippen LogP contribution in [0.1, 0.15) is 11.3 Å². The molecule has 1 N–H and O–H groups in total. The molecule has 0 bridgehead atoms. The molecule has 0 fully saturated rings. The Bertz CT molecular complexity index is 509. The summed E-state index contributed by atoms with van der Waals surface area (Å²) in [5, 5.41) is 8.21. The molecular weight excluding hydrogens is 247 g/mol. The summed E-state index contributed by atoms with van der Waals surface area (Å²) in [5.41, 5.74) is 3.08. The van der Waals surface area contributed by atoms with Gasteiger partial charge in [0.05, 0.1) is 11.9 Å². The molecule has 1 aliphatic rings. The normalized spacial score (nSPS) is 15.3. The van der Waals surface area contributed by atoms with E-state index >= 15 is 0 Å². The largest absolute Gasteiger partial charge is 0.316 e. The van der Waals surface area contributed by atoms with Crippen molar-refractivity contribution in [3.05, 3.63) is 28.7 Å². The van der Waals surface area contributed by atoms with E-state index in [1.165, 1.54) is 0 Å². The van der Waals surface area contributed by atoms with Crippen molar-refractivity contribution in [1.82, 2.24) is 19.9 Å². The Morgan fingerprint density at radius 3 is 3.00 bits per heavy atom. The predicted molar refractivity (Wildman–Crippen MR) is 65.5 cm³/mol. The summed E-state index contributed by atoms with van der Waals surface area (Å²) in [6.45, 7) is 1.93. The van der Waals surface area contributed by atoms with Gasteiger partial charge < -0.3 is 5.32 Å². The summed E-state index contributed by atoms with van der Waals surface area (Å²) in [5.74, 6) is 0. The molecule has 2 aromatic heterocycles. The average Bonchev–Trinajstić information content (AvgIpc) is 2.56. The number of aromatic nitrogens is 3. The van der Waals surface area contributed by atoms with Gasteiger partial charge in [0, 0.05) is 24.6 Å². The summed E-state index contributed by atoms with van der Waals surface area (Å²) < 4.78 is 1.70. The van der Waals surface area contributed by atoms with Gasteiger partial charge in [-0.2, -0.15) is 5.10 Å². The molecule has 0 unspecified atom stereocenters. The minimum atomic E-state index is 0. The first-order chi connectivity index (χ1) is 7.36. The molecule has 0 atom stereocenters. The summed E-state index contributed by atoms with van der Waals surface area (Å²) in [4.78, 5) is 4.57. The van der Waals surface area contributed by atoms with E-state index in [0.29, 0.717) is 5.15 Å². The average molecular weight is 259 g/mol. The van der Waals surface area contributed by atoms with E-state index in [1.54, 1.807) is 10.7 Å².